The van der Waals surface area contributed by atoms with E-state index in [-0.39, 0.29) is 6.54 Å². The molecule has 9 heteroatoms. The third kappa shape index (κ3) is 3.61. The molecule has 0 spiro atoms. The number of carbonyl (C=O) groups is 1. The molecule has 1 aromatic heterocycles. The second-order valence-electron chi connectivity index (χ2n) is 5.08. The number of aromatic nitrogens is 2. The van der Waals surface area contributed by atoms with Crippen molar-refractivity contribution in [1.29, 1.82) is 0 Å². The molecule has 4 N–H and O–H groups in total. The Morgan fingerprint density at radius 3 is 2.64 bits per heavy atom. The summed E-state index contributed by atoms with van der Waals surface area (Å²) in [5, 5.41) is 21.1. The fourth-order valence-electron chi connectivity index (χ4n) is 2.25. The fourth-order valence-corrected chi connectivity index (χ4v) is 2.25. The van der Waals surface area contributed by atoms with E-state index in [1.54, 1.807) is 0 Å². The van der Waals surface area contributed by atoms with Crippen molar-refractivity contribution in [1.82, 2.24) is 9.97 Å². The molecule has 0 aliphatic carbocycles. The summed E-state index contributed by atoms with van der Waals surface area (Å²) in [5.41, 5.74) is -1.62. The van der Waals surface area contributed by atoms with Crippen LogP contribution in [0, 0.1) is 0 Å². The van der Waals surface area contributed by atoms with Gasteiger partial charge in [0.1, 0.15) is 0 Å². The van der Waals surface area contributed by atoms with Gasteiger partial charge < -0.3 is 10.4 Å². The summed E-state index contributed by atoms with van der Waals surface area (Å²) >= 11 is 0. The lowest BCUT2D eigenvalue weighted by atomic mass is 10.1. The quantitative estimate of drug-likeness (QED) is 0.535. The summed E-state index contributed by atoms with van der Waals surface area (Å²) in [4.78, 5) is 38.1. The van der Waals surface area contributed by atoms with Crippen molar-refractivity contribution in [3.8, 4) is 5.88 Å². The zero-order chi connectivity index (χ0) is 17.8. The maximum atomic E-state index is 11.8. The van der Waals surface area contributed by atoms with Crippen LogP contribution in [0.4, 0.5) is 11.4 Å². The van der Waals surface area contributed by atoms with Crippen LogP contribution in [-0.2, 0) is 4.79 Å². The number of benzene rings is 2. The lowest BCUT2D eigenvalue weighted by Gasteiger charge is -2.07. The second kappa shape index (κ2) is 6.79. The zero-order valence-electron chi connectivity index (χ0n) is 12.8. The number of hydrogen-bond donors (Lipinski definition) is 4. The molecule has 0 saturated carbocycles. The van der Waals surface area contributed by atoms with E-state index in [0.29, 0.717) is 0 Å². The largest absolute Gasteiger partial charge is 0.493 e. The van der Waals surface area contributed by atoms with Gasteiger partial charge in [-0.15, -0.1) is 10.2 Å². The van der Waals surface area contributed by atoms with Crippen LogP contribution < -0.4 is 16.6 Å². The number of carbonyl (C=O) groups excluding carboxylic acids is 1. The smallest absolute Gasteiger partial charge is 0.328 e. The van der Waals surface area contributed by atoms with Gasteiger partial charge in [0.15, 0.2) is 0 Å². The number of fused-ring (bicyclic) bond motifs is 1. The van der Waals surface area contributed by atoms with Crippen LogP contribution in [0.3, 0.4) is 0 Å². The maximum Gasteiger partial charge on any atom is 0.328 e. The number of rotatable bonds is 4. The Morgan fingerprint density at radius 1 is 1.08 bits per heavy atom. The SMILES string of the molecule is O=C(CNc1cccc2ccccc12)N=Nc1c(O)[nH]c(=O)[nH]c1=O. The molecule has 126 valence electrons. The molecule has 0 aliphatic heterocycles. The van der Waals surface area contributed by atoms with Gasteiger partial charge in [0.05, 0.1) is 6.54 Å². The second-order valence-corrected chi connectivity index (χ2v) is 5.08. The Morgan fingerprint density at radius 2 is 1.84 bits per heavy atom. The molecule has 3 rings (SSSR count). The Bertz CT molecular complexity index is 1080. The van der Waals surface area contributed by atoms with E-state index in [2.05, 4.69) is 15.5 Å². The minimum Gasteiger partial charge on any atom is -0.493 e. The molecule has 1 heterocycles. The number of anilines is 1. The zero-order valence-corrected chi connectivity index (χ0v) is 12.8. The minimum atomic E-state index is -0.945. The number of nitrogens with one attached hydrogen (secondary N) is 3. The Kier molecular flexibility index (Phi) is 4.38. The molecule has 0 saturated heterocycles. The van der Waals surface area contributed by atoms with Gasteiger partial charge in [-0.3, -0.25) is 19.6 Å². The van der Waals surface area contributed by atoms with Crippen molar-refractivity contribution in [2.45, 2.75) is 0 Å². The molecular weight excluding hydrogens is 326 g/mol. The summed E-state index contributed by atoms with van der Waals surface area (Å²) in [5.74, 6) is -1.41. The highest BCUT2D eigenvalue weighted by Gasteiger charge is 2.09. The normalized spacial score (nSPS) is 11.0. The van der Waals surface area contributed by atoms with Crippen LogP contribution in [-0.4, -0.2) is 27.5 Å². The number of aromatic amines is 2. The predicted molar refractivity (Wildman–Crippen MR) is 91.3 cm³/mol. The van der Waals surface area contributed by atoms with Crippen LogP contribution >= 0.6 is 0 Å². The Labute approximate surface area is 140 Å². The summed E-state index contributed by atoms with van der Waals surface area (Å²) in [6, 6.07) is 13.3. The highest BCUT2D eigenvalue weighted by atomic mass is 16.3. The molecule has 0 atom stereocenters. The first-order valence-corrected chi connectivity index (χ1v) is 7.26. The molecule has 0 radical (unpaired) electrons. The summed E-state index contributed by atoms with van der Waals surface area (Å²) in [7, 11) is 0. The lowest BCUT2D eigenvalue weighted by Crippen LogP contribution is -2.21. The Hall–Kier alpha value is -3.75. The molecule has 0 aliphatic rings. The highest BCUT2D eigenvalue weighted by Crippen LogP contribution is 2.22. The first kappa shape index (κ1) is 16.1. The van der Waals surface area contributed by atoms with Gasteiger partial charge in [-0.1, -0.05) is 36.4 Å². The summed E-state index contributed by atoms with van der Waals surface area (Å²) in [6.07, 6.45) is 0. The van der Waals surface area contributed by atoms with Gasteiger partial charge in [-0.2, -0.15) is 0 Å². The van der Waals surface area contributed by atoms with E-state index in [1.165, 1.54) is 0 Å². The summed E-state index contributed by atoms with van der Waals surface area (Å²) in [6.45, 7) is -0.153. The van der Waals surface area contributed by atoms with Gasteiger partial charge in [-0.25, -0.2) is 4.79 Å². The van der Waals surface area contributed by atoms with Crippen molar-refractivity contribution in [3.05, 3.63) is 63.3 Å². The fraction of sp³-hybridized carbons (Fsp3) is 0.0625. The van der Waals surface area contributed by atoms with Gasteiger partial charge in [0, 0.05) is 11.1 Å². The third-order valence-electron chi connectivity index (χ3n) is 3.38. The number of H-pyrrole nitrogens is 2. The van der Waals surface area contributed by atoms with Crippen LogP contribution in [0.15, 0.2) is 62.3 Å². The standard InChI is InChI=1S/C16H13N5O4/c22-12(20-21-13-14(23)18-16(25)19-15(13)24)8-17-11-7-3-5-9-4-1-2-6-10(9)11/h1-7,17H,8H2,(H3,18,19,23,24,25). The van der Waals surface area contributed by atoms with E-state index >= 15 is 0 Å². The van der Waals surface area contributed by atoms with Crippen molar-refractivity contribution in [2.24, 2.45) is 10.2 Å². The average molecular weight is 339 g/mol. The number of azo groups is 1. The molecule has 3 aromatic rings. The van der Waals surface area contributed by atoms with Crippen molar-refractivity contribution < 1.29 is 9.90 Å². The molecule has 0 fully saturated rings. The molecular formula is C16H13N5O4. The van der Waals surface area contributed by atoms with Gasteiger partial charge in [0.25, 0.3) is 11.5 Å². The van der Waals surface area contributed by atoms with Crippen LogP contribution in [0.5, 0.6) is 5.88 Å². The van der Waals surface area contributed by atoms with Crippen molar-refractivity contribution in [3.63, 3.8) is 0 Å². The molecule has 0 unspecified atom stereocenters. The van der Waals surface area contributed by atoms with Gasteiger partial charge in [-0.05, 0) is 11.5 Å². The first-order chi connectivity index (χ1) is 12.0. The van der Waals surface area contributed by atoms with Crippen LogP contribution in [0.1, 0.15) is 0 Å². The molecule has 1 amide bonds. The van der Waals surface area contributed by atoms with E-state index < -0.39 is 28.7 Å². The average Bonchev–Trinajstić information content (AvgIpc) is 2.59. The van der Waals surface area contributed by atoms with Crippen LogP contribution in [0.2, 0.25) is 0 Å². The minimum absolute atomic E-state index is 0.153. The van der Waals surface area contributed by atoms with E-state index in [9.17, 15) is 19.5 Å². The van der Waals surface area contributed by atoms with E-state index in [1.807, 2.05) is 52.4 Å². The molecule has 25 heavy (non-hydrogen) atoms. The monoisotopic (exact) mass is 339 g/mol. The molecule has 2 aromatic carbocycles. The van der Waals surface area contributed by atoms with Crippen molar-refractivity contribution >= 4 is 28.1 Å². The maximum absolute atomic E-state index is 11.8. The number of hydrogen-bond acceptors (Lipinski definition) is 6. The number of nitrogens with zero attached hydrogens (tertiary/aromatic N) is 2. The molecule has 0 bridgehead atoms. The van der Waals surface area contributed by atoms with Crippen molar-refractivity contribution in [2.75, 3.05) is 11.9 Å². The van der Waals surface area contributed by atoms with Crippen LogP contribution in [0.25, 0.3) is 10.8 Å². The summed E-state index contributed by atoms with van der Waals surface area (Å²) < 4.78 is 0. The van der Waals surface area contributed by atoms with Gasteiger partial charge in [0.2, 0.25) is 11.6 Å². The molecule has 9 nitrogen and oxygen atoms in total. The Balaban J connectivity index is 1.73. The third-order valence-corrected chi connectivity index (χ3v) is 3.38. The van der Waals surface area contributed by atoms with Gasteiger partial charge >= 0.3 is 5.69 Å². The lowest BCUT2D eigenvalue weighted by molar-refractivity contribution is -0.116. The van der Waals surface area contributed by atoms with E-state index in [4.69, 9.17) is 0 Å². The highest BCUT2D eigenvalue weighted by molar-refractivity contribution is 5.95. The number of amides is 1. The number of aromatic hydroxyl groups is 1. The van der Waals surface area contributed by atoms with E-state index in [0.717, 1.165) is 16.5 Å². The predicted octanol–water partition coefficient (Wildman–Crippen LogP) is 1.64. The first-order valence-electron chi connectivity index (χ1n) is 7.26. The topological polar surface area (TPSA) is 140 Å².